The van der Waals surface area contributed by atoms with E-state index in [1.807, 2.05) is 12.1 Å². The summed E-state index contributed by atoms with van der Waals surface area (Å²) >= 11 is 1.73. The first-order valence-corrected chi connectivity index (χ1v) is 9.14. The average Bonchev–Trinajstić information content (AvgIpc) is 2.59. The van der Waals surface area contributed by atoms with Crippen LogP contribution < -0.4 is 10.6 Å². The quantitative estimate of drug-likeness (QED) is 0.166. The van der Waals surface area contributed by atoms with Crippen LogP contribution in [0.5, 0.6) is 0 Å². The molecular weight excluding hydrogens is 454 g/mol. The van der Waals surface area contributed by atoms with Crippen LogP contribution in [0.2, 0.25) is 0 Å². The molecule has 0 unspecified atom stereocenters. The summed E-state index contributed by atoms with van der Waals surface area (Å²) in [6.07, 6.45) is 1.01. The van der Waals surface area contributed by atoms with Crippen LogP contribution in [0.4, 0.5) is 4.39 Å². The average molecular weight is 484 g/mol. The number of guanidine groups is 1. The highest BCUT2D eigenvalue weighted by atomic mass is 127. The maximum absolute atomic E-state index is 12.8. The molecule has 144 valence electrons. The highest BCUT2D eigenvalue weighted by Crippen LogP contribution is 2.18. The molecule has 0 atom stereocenters. The first kappa shape index (κ1) is 24.4. The molecule has 0 aliphatic carbocycles. The van der Waals surface area contributed by atoms with Crippen LogP contribution in [0.1, 0.15) is 6.42 Å². The van der Waals surface area contributed by atoms with E-state index in [0.717, 1.165) is 55.8 Å². The second-order valence-corrected chi connectivity index (χ2v) is 6.55. The summed E-state index contributed by atoms with van der Waals surface area (Å²) in [7, 11) is 5.56. The van der Waals surface area contributed by atoms with Crippen LogP contribution in [0.15, 0.2) is 34.2 Å². The van der Waals surface area contributed by atoms with Gasteiger partial charge >= 0.3 is 0 Å². The van der Waals surface area contributed by atoms with E-state index >= 15 is 0 Å². The molecule has 0 radical (unpaired) electrons. The molecule has 2 N–H and O–H groups in total. The minimum atomic E-state index is -0.191. The maximum Gasteiger partial charge on any atom is 0.191 e. The molecule has 0 aromatic heterocycles. The van der Waals surface area contributed by atoms with Crippen LogP contribution >= 0.6 is 35.7 Å². The number of hydrogen-bond acceptors (Lipinski definition) is 4. The van der Waals surface area contributed by atoms with Gasteiger partial charge in [0.1, 0.15) is 5.82 Å². The van der Waals surface area contributed by atoms with Gasteiger partial charge < -0.3 is 20.3 Å². The lowest BCUT2D eigenvalue weighted by Crippen LogP contribution is -2.41. The molecular formula is C17H30FIN4OS. The minimum Gasteiger partial charge on any atom is -0.383 e. The molecule has 0 fully saturated rings. The molecule has 8 heteroatoms. The molecule has 0 amide bonds. The number of nitrogens with one attached hydrogen (secondary N) is 2. The number of likely N-dealkylation sites (N-methyl/N-ethyl adjacent to an activating group) is 1. The first-order chi connectivity index (χ1) is 11.7. The number of methoxy groups -OCH3 is 1. The molecule has 0 spiro atoms. The van der Waals surface area contributed by atoms with Gasteiger partial charge in [-0.15, -0.1) is 35.7 Å². The van der Waals surface area contributed by atoms with Crippen molar-refractivity contribution in [1.29, 1.82) is 0 Å². The summed E-state index contributed by atoms with van der Waals surface area (Å²) in [5, 5.41) is 6.60. The van der Waals surface area contributed by atoms with Crippen LogP contribution in [0.3, 0.4) is 0 Å². The van der Waals surface area contributed by atoms with Crippen molar-refractivity contribution in [1.82, 2.24) is 15.5 Å². The Morgan fingerprint density at radius 2 is 1.88 bits per heavy atom. The van der Waals surface area contributed by atoms with E-state index in [9.17, 15) is 4.39 Å². The van der Waals surface area contributed by atoms with E-state index in [-0.39, 0.29) is 29.8 Å². The first-order valence-electron chi connectivity index (χ1n) is 8.16. The molecule has 0 saturated heterocycles. The van der Waals surface area contributed by atoms with E-state index in [4.69, 9.17) is 4.74 Å². The molecule has 1 aromatic rings. The molecule has 5 nitrogen and oxygen atoms in total. The van der Waals surface area contributed by atoms with E-state index in [2.05, 4.69) is 27.6 Å². The SMILES string of the molecule is CN=C(NCCCSc1ccc(F)cc1)NCCN(C)CCOC.I. The summed E-state index contributed by atoms with van der Waals surface area (Å²) in [6.45, 7) is 4.29. The van der Waals surface area contributed by atoms with Gasteiger partial charge in [0.25, 0.3) is 0 Å². The van der Waals surface area contributed by atoms with Crippen LogP contribution in [-0.4, -0.2) is 70.6 Å². The van der Waals surface area contributed by atoms with Crippen molar-refractivity contribution in [2.75, 3.05) is 59.7 Å². The lowest BCUT2D eigenvalue weighted by molar-refractivity contribution is 0.162. The van der Waals surface area contributed by atoms with Crippen LogP contribution in [-0.2, 0) is 4.74 Å². The lowest BCUT2D eigenvalue weighted by Gasteiger charge is -2.17. The number of hydrogen-bond donors (Lipinski definition) is 2. The molecule has 0 saturated carbocycles. The Labute approximate surface area is 172 Å². The fourth-order valence-corrected chi connectivity index (χ4v) is 2.80. The molecule has 0 aliphatic heterocycles. The third-order valence-electron chi connectivity index (χ3n) is 3.38. The van der Waals surface area contributed by atoms with Crippen molar-refractivity contribution in [2.45, 2.75) is 11.3 Å². The van der Waals surface area contributed by atoms with E-state index < -0.39 is 0 Å². The van der Waals surface area contributed by atoms with Gasteiger partial charge in [0, 0.05) is 45.2 Å². The second kappa shape index (κ2) is 15.7. The monoisotopic (exact) mass is 484 g/mol. The molecule has 0 aliphatic rings. The zero-order valence-electron chi connectivity index (χ0n) is 15.3. The van der Waals surface area contributed by atoms with Gasteiger partial charge in [-0.05, 0) is 43.5 Å². The molecule has 0 bridgehead atoms. The van der Waals surface area contributed by atoms with Gasteiger partial charge in [0.15, 0.2) is 5.96 Å². The van der Waals surface area contributed by atoms with Crippen molar-refractivity contribution in [2.24, 2.45) is 4.99 Å². The van der Waals surface area contributed by atoms with Crippen molar-refractivity contribution in [3.05, 3.63) is 30.1 Å². The fraction of sp³-hybridized carbons (Fsp3) is 0.588. The zero-order valence-corrected chi connectivity index (χ0v) is 18.4. The number of thioether (sulfide) groups is 1. The van der Waals surface area contributed by atoms with E-state index in [0.29, 0.717) is 0 Å². The lowest BCUT2D eigenvalue weighted by atomic mass is 10.4. The molecule has 1 aromatic carbocycles. The summed E-state index contributed by atoms with van der Waals surface area (Å²) in [5.41, 5.74) is 0. The topological polar surface area (TPSA) is 48.9 Å². The fourth-order valence-electron chi connectivity index (χ4n) is 1.94. The Kier molecular flexibility index (Phi) is 15.3. The molecule has 0 heterocycles. The van der Waals surface area contributed by atoms with Crippen molar-refractivity contribution < 1.29 is 9.13 Å². The Morgan fingerprint density at radius 1 is 1.20 bits per heavy atom. The van der Waals surface area contributed by atoms with Gasteiger partial charge in [-0.25, -0.2) is 4.39 Å². The highest BCUT2D eigenvalue weighted by Gasteiger charge is 2.00. The van der Waals surface area contributed by atoms with E-state index in [1.165, 1.54) is 12.1 Å². The zero-order chi connectivity index (χ0) is 17.6. The standard InChI is InChI=1S/C17H29FN4OS.HI/c1-19-17(21-10-11-22(2)12-13-23-3)20-9-4-14-24-16-7-5-15(18)6-8-16;/h5-8H,4,9-14H2,1-3H3,(H2,19,20,21);1H. The Balaban J connectivity index is 0.00000576. The van der Waals surface area contributed by atoms with E-state index in [1.54, 1.807) is 25.9 Å². The Hall–Kier alpha value is -0.580. The number of ether oxygens (including phenoxy) is 1. The summed E-state index contributed by atoms with van der Waals surface area (Å²) in [6, 6.07) is 6.62. The number of nitrogens with zero attached hydrogens (tertiary/aromatic N) is 2. The number of benzene rings is 1. The normalized spacial score (nSPS) is 11.3. The predicted octanol–water partition coefficient (Wildman–Crippen LogP) is 2.67. The number of aliphatic imine (C=N–C) groups is 1. The van der Waals surface area contributed by atoms with Gasteiger partial charge in [0.2, 0.25) is 0 Å². The van der Waals surface area contributed by atoms with Gasteiger partial charge in [-0.1, -0.05) is 0 Å². The Morgan fingerprint density at radius 3 is 2.52 bits per heavy atom. The maximum atomic E-state index is 12.8. The van der Waals surface area contributed by atoms with Crippen molar-refractivity contribution >= 4 is 41.7 Å². The van der Waals surface area contributed by atoms with Gasteiger partial charge in [-0.2, -0.15) is 0 Å². The van der Waals surface area contributed by atoms with Crippen LogP contribution in [0.25, 0.3) is 0 Å². The third-order valence-corrected chi connectivity index (χ3v) is 4.48. The van der Waals surface area contributed by atoms with Gasteiger partial charge in [0.05, 0.1) is 6.61 Å². The van der Waals surface area contributed by atoms with Crippen molar-refractivity contribution in [3.8, 4) is 0 Å². The smallest absolute Gasteiger partial charge is 0.191 e. The third kappa shape index (κ3) is 12.4. The molecule has 1 rings (SSSR count). The minimum absolute atomic E-state index is 0. The summed E-state index contributed by atoms with van der Waals surface area (Å²) in [5.74, 6) is 1.61. The second-order valence-electron chi connectivity index (χ2n) is 5.38. The largest absolute Gasteiger partial charge is 0.383 e. The number of halogens is 2. The van der Waals surface area contributed by atoms with Gasteiger partial charge in [-0.3, -0.25) is 4.99 Å². The van der Waals surface area contributed by atoms with Crippen LogP contribution in [0, 0.1) is 5.82 Å². The summed E-state index contributed by atoms with van der Waals surface area (Å²) in [4.78, 5) is 7.52. The number of rotatable bonds is 11. The Bertz CT molecular complexity index is 476. The molecule has 25 heavy (non-hydrogen) atoms. The summed E-state index contributed by atoms with van der Waals surface area (Å²) < 4.78 is 17.9. The predicted molar refractivity (Wildman–Crippen MR) is 116 cm³/mol. The van der Waals surface area contributed by atoms with Crippen molar-refractivity contribution in [3.63, 3.8) is 0 Å². The highest BCUT2D eigenvalue weighted by molar-refractivity contribution is 14.0.